The molecule has 0 bridgehead atoms. The Morgan fingerprint density at radius 2 is 1.88 bits per heavy atom. The van der Waals surface area contributed by atoms with Crippen LogP contribution in [0.4, 0.5) is 4.79 Å². The molecule has 0 unspecified atom stereocenters. The largest absolute Gasteiger partial charge is 0.444 e. The maximum absolute atomic E-state index is 11.5. The van der Waals surface area contributed by atoms with Gasteiger partial charge in [0.1, 0.15) is 5.60 Å². The van der Waals surface area contributed by atoms with Gasteiger partial charge < -0.3 is 15.8 Å². The van der Waals surface area contributed by atoms with Crippen LogP contribution in [0.3, 0.4) is 0 Å². The molecule has 96 valence electrons. The highest BCUT2D eigenvalue weighted by Gasteiger charge is 2.18. The first kappa shape index (κ1) is 15.2. The number of amides is 1. The summed E-state index contributed by atoms with van der Waals surface area (Å²) in [5.74, 6) is 0.620. The molecular formula is C12H26N2O2. The Morgan fingerprint density at radius 1 is 1.31 bits per heavy atom. The number of carbonyl (C=O) groups excluding carboxylic acids is 1. The van der Waals surface area contributed by atoms with Crippen molar-refractivity contribution in [1.29, 1.82) is 0 Å². The van der Waals surface area contributed by atoms with Crippen molar-refractivity contribution in [3.8, 4) is 0 Å². The molecule has 0 heterocycles. The fourth-order valence-corrected chi connectivity index (χ4v) is 1.26. The van der Waals surface area contributed by atoms with Crippen LogP contribution in [0.25, 0.3) is 0 Å². The van der Waals surface area contributed by atoms with E-state index in [2.05, 4.69) is 19.2 Å². The molecule has 1 amide bonds. The third-order valence-corrected chi connectivity index (χ3v) is 2.10. The average molecular weight is 230 g/mol. The number of alkyl carbamates (subject to hydrolysis) is 1. The molecule has 0 aromatic carbocycles. The van der Waals surface area contributed by atoms with Gasteiger partial charge in [0.25, 0.3) is 0 Å². The number of hydrogen-bond acceptors (Lipinski definition) is 3. The zero-order chi connectivity index (χ0) is 12.8. The van der Waals surface area contributed by atoms with Gasteiger partial charge in [0.05, 0.1) is 0 Å². The molecule has 0 radical (unpaired) electrons. The molecule has 16 heavy (non-hydrogen) atoms. The predicted molar refractivity (Wildman–Crippen MR) is 66.3 cm³/mol. The number of hydrogen-bond donors (Lipinski definition) is 2. The highest BCUT2D eigenvalue weighted by molar-refractivity contribution is 5.68. The first-order valence-corrected chi connectivity index (χ1v) is 5.94. The zero-order valence-corrected chi connectivity index (χ0v) is 11.2. The molecule has 0 spiro atoms. The van der Waals surface area contributed by atoms with Crippen LogP contribution in [0.2, 0.25) is 0 Å². The molecule has 1 atom stereocenters. The maximum Gasteiger partial charge on any atom is 0.407 e. The first-order chi connectivity index (χ1) is 7.24. The molecule has 0 aromatic rings. The van der Waals surface area contributed by atoms with Crippen molar-refractivity contribution in [2.24, 2.45) is 11.7 Å². The molecule has 0 rings (SSSR count). The fourth-order valence-electron chi connectivity index (χ4n) is 1.26. The van der Waals surface area contributed by atoms with Crippen molar-refractivity contribution in [1.82, 2.24) is 5.32 Å². The van der Waals surface area contributed by atoms with Gasteiger partial charge in [-0.2, -0.15) is 0 Å². The average Bonchev–Trinajstić information content (AvgIpc) is 2.08. The molecule has 4 nitrogen and oxygen atoms in total. The first-order valence-electron chi connectivity index (χ1n) is 5.94. The van der Waals surface area contributed by atoms with E-state index in [4.69, 9.17) is 10.5 Å². The van der Waals surface area contributed by atoms with Crippen molar-refractivity contribution in [2.45, 2.75) is 59.1 Å². The lowest BCUT2D eigenvalue weighted by molar-refractivity contribution is 0.0502. The second kappa shape index (κ2) is 6.74. The summed E-state index contributed by atoms with van der Waals surface area (Å²) >= 11 is 0. The van der Waals surface area contributed by atoms with Crippen molar-refractivity contribution in [3.05, 3.63) is 0 Å². The molecule has 3 N–H and O–H groups in total. The third-order valence-electron chi connectivity index (χ3n) is 2.10. The Hall–Kier alpha value is -0.770. The predicted octanol–water partition coefficient (Wildman–Crippen LogP) is 2.27. The van der Waals surface area contributed by atoms with Crippen LogP contribution >= 0.6 is 0 Å². The summed E-state index contributed by atoms with van der Waals surface area (Å²) in [5.41, 5.74) is 5.14. The van der Waals surface area contributed by atoms with Crippen LogP contribution in [0.1, 0.15) is 47.5 Å². The van der Waals surface area contributed by atoms with E-state index in [1.54, 1.807) is 0 Å². The van der Waals surface area contributed by atoms with Gasteiger partial charge in [0.15, 0.2) is 0 Å². The molecule has 0 fully saturated rings. The highest BCUT2D eigenvalue weighted by atomic mass is 16.6. The fraction of sp³-hybridized carbons (Fsp3) is 0.917. The summed E-state index contributed by atoms with van der Waals surface area (Å²) in [7, 11) is 0. The molecular weight excluding hydrogens is 204 g/mol. The summed E-state index contributed by atoms with van der Waals surface area (Å²) in [6.07, 6.45) is 1.57. The van der Waals surface area contributed by atoms with Gasteiger partial charge in [0, 0.05) is 12.6 Å². The van der Waals surface area contributed by atoms with Crippen molar-refractivity contribution < 1.29 is 9.53 Å². The van der Waals surface area contributed by atoms with Gasteiger partial charge in [-0.25, -0.2) is 4.79 Å². The number of nitrogens with two attached hydrogens (primary N) is 1. The minimum Gasteiger partial charge on any atom is -0.444 e. The summed E-state index contributed by atoms with van der Waals surface area (Å²) < 4.78 is 5.17. The quantitative estimate of drug-likeness (QED) is 0.761. The number of carbonyl (C=O) groups is 1. The van der Waals surface area contributed by atoms with Gasteiger partial charge in [-0.1, -0.05) is 13.8 Å². The minimum atomic E-state index is -0.457. The summed E-state index contributed by atoms with van der Waals surface area (Å²) in [6, 6.07) is 0.0113. The van der Waals surface area contributed by atoms with Crippen LogP contribution in [0, 0.1) is 5.92 Å². The van der Waals surface area contributed by atoms with Crippen LogP contribution in [-0.4, -0.2) is 24.3 Å². The molecule has 0 aliphatic heterocycles. The molecule has 0 saturated heterocycles. The van der Waals surface area contributed by atoms with Gasteiger partial charge in [0.2, 0.25) is 0 Å². The van der Waals surface area contributed by atoms with E-state index < -0.39 is 5.60 Å². The van der Waals surface area contributed by atoms with E-state index in [0.29, 0.717) is 12.5 Å². The van der Waals surface area contributed by atoms with E-state index >= 15 is 0 Å². The van der Waals surface area contributed by atoms with Crippen LogP contribution < -0.4 is 11.1 Å². The second-order valence-corrected chi connectivity index (χ2v) is 5.55. The summed E-state index contributed by atoms with van der Waals surface area (Å²) in [6.45, 7) is 10.3. The highest BCUT2D eigenvalue weighted by Crippen LogP contribution is 2.09. The van der Waals surface area contributed by atoms with Gasteiger partial charge >= 0.3 is 6.09 Å². The standard InChI is InChI=1S/C12H26N2O2/c1-9(2)6-7-10(8-13)14-11(15)16-12(3,4)5/h9-10H,6-8,13H2,1-5H3,(H,14,15)/t10-/m0/s1. The van der Waals surface area contributed by atoms with Crippen molar-refractivity contribution in [2.75, 3.05) is 6.54 Å². The van der Waals surface area contributed by atoms with Crippen LogP contribution in [-0.2, 0) is 4.74 Å². The zero-order valence-electron chi connectivity index (χ0n) is 11.2. The third kappa shape index (κ3) is 8.53. The van der Waals surface area contributed by atoms with Gasteiger partial charge in [-0.15, -0.1) is 0 Å². The van der Waals surface area contributed by atoms with E-state index in [1.165, 1.54) is 0 Å². The van der Waals surface area contributed by atoms with E-state index in [9.17, 15) is 4.79 Å². The monoisotopic (exact) mass is 230 g/mol. The second-order valence-electron chi connectivity index (χ2n) is 5.55. The number of nitrogens with one attached hydrogen (secondary N) is 1. The lowest BCUT2D eigenvalue weighted by Gasteiger charge is -2.23. The van der Waals surface area contributed by atoms with Crippen molar-refractivity contribution in [3.63, 3.8) is 0 Å². The van der Waals surface area contributed by atoms with E-state index in [0.717, 1.165) is 12.8 Å². The number of ether oxygens (including phenoxy) is 1. The van der Waals surface area contributed by atoms with Crippen LogP contribution in [0.15, 0.2) is 0 Å². The Bertz CT molecular complexity index is 210. The maximum atomic E-state index is 11.5. The number of rotatable bonds is 5. The van der Waals surface area contributed by atoms with Gasteiger partial charge in [-0.05, 0) is 39.5 Å². The molecule has 0 aromatic heterocycles. The SMILES string of the molecule is CC(C)CC[C@@H](CN)NC(=O)OC(C)(C)C. The Kier molecular flexibility index (Phi) is 6.41. The molecule has 0 aliphatic carbocycles. The summed E-state index contributed by atoms with van der Waals surface area (Å²) in [4.78, 5) is 11.5. The van der Waals surface area contributed by atoms with E-state index in [-0.39, 0.29) is 12.1 Å². The van der Waals surface area contributed by atoms with Crippen LogP contribution in [0.5, 0.6) is 0 Å². The molecule has 0 saturated carbocycles. The van der Waals surface area contributed by atoms with E-state index in [1.807, 2.05) is 20.8 Å². The Balaban J connectivity index is 3.97. The smallest absolute Gasteiger partial charge is 0.407 e. The lowest BCUT2D eigenvalue weighted by Crippen LogP contribution is -2.43. The minimum absolute atomic E-state index is 0.0113. The Labute approximate surface area is 98.9 Å². The Morgan fingerprint density at radius 3 is 2.25 bits per heavy atom. The lowest BCUT2D eigenvalue weighted by atomic mass is 10.0. The molecule has 4 heteroatoms. The topological polar surface area (TPSA) is 64.3 Å². The molecule has 0 aliphatic rings. The van der Waals surface area contributed by atoms with Gasteiger partial charge in [-0.3, -0.25) is 0 Å². The summed E-state index contributed by atoms with van der Waals surface area (Å²) in [5, 5.41) is 2.79. The van der Waals surface area contributed by atoms with Crippen molar-refractivity contribution >= 4 is 6.09 Å². The normalized spacial score (nSPS) is 13.7.